The maximum atomic E-state index is 12.3. The molecule has 0 saturated carbocycles. The highest BCUT2D eigenvalue weighted by molar-refractivity contribution is 7.89. The summed E-state index contributed by atoms with van der Waals surface area (Å²) in [6.45, 7) is 4.08. The molecule has 4 rings (SSSR count). The zero-order chi connectivity index (χ0) is 16.8. The monoisotopic (exact) mass is 347 g/mol. The largest absolute Gasteiger partial charge is 0.357 e. The van der Waals surface area contributed by atoms with Crippen molar-refractivity contribution in [3.05, 3.63) is 35.5 Å². The van der Waals surface area contributed by atoms with E-state index < -0.39 is 10.0 Å². The fourth-order valence-electron chi connectivity index (χ4n) is 4.34. The third kappa shape index (κ3) is 2.48. The highest BCUT2D eigenvalue weighted by Crippen LogP contribution is 2.40. The zero-order valence-electron chi connectivity index (χ0n) is 14.1. The van der Waals surface area contributed by atoms with E-state index in [4.69, 9.17) is 0 Å². The van der Waals surface area contributed by atoms with E-state index in [2.05, 4.69) is 34.6 Å². The first kappa shape index (κ1) is 16.1. The lowest BCUT2D eigenvalue weighted by atomic mass is 9.80. The van der Waals surface area contributed by atoms with Gasteiger partial charge in [-0.05, 0) is 37.3 Å². The molecule has 0 radical (unpaired) electrons. The van der Waals surface area contributed by atoms with E-state index in [1.165, 1.54) is 22.2 Å². The van der Waals surface area contributed by atoms with Crippen LogP contribution in [0, 0.1) is 0 Å². The second-order valence-electron chi connectivity index (χ2n) is 7.00. The lowest BCUT2D eigenvalue weighted by Gasteiger charge is -2.44. The van der Waals surface area contributed by atoms with Crippen molar-refractivity contribution in [1.29, 1.82) is 0 Å². The van der Waals surface area contributed by atoms with Crippen LogP contribution in [0.15, 0.2) is 24.3 Å². The van der Waals surface area contributed by atoms with Crippen molar-refractivity contribution in [3.8, 4) is 0 Å². The maximum Gasteiger partial charge on any atom is 0.214 e. The van der Waals surface area contributed by atoms with Crippen molar-refractivity contribution in [1.82, 2.24) is 14.6 Å². The van der Waals surface area contributed by atoms with Crippen LogP contribution in [0.4, 0.5) is 0 Å². The van der Waals surface area contributed by atoms with Gasteiger partial charge in [0, 0.05) is 36.2 Å². The van der Waals surface area contributed by atoms with Gasteiger partial charge in [-0.15, -0.1) is 0 Å². The van der Waals surface area contributed by atoms with Crippen LogP contribution in [0.25, 0.3) is 10.9 Å². The Morgan fingerprint density at radius 1 is 1.21 bits per heavy atom. The van der Waals surface area contributed by atoms with Gasteiger partial charge in [0.2, 0.25) is 10.0 Å². The maximum absolute atomic E-state index is 12.3. The van der Waals surface area contributed by atoms with Crippen LogP contribution in [-0.4, -0.2) is 43.1 Å². The topological polar surface area (TPSA) is 65.2 Å². The third-order valence-electron chi connectivity index (χ3n) is 5.56. The van der Waals surface area contributed by atoms with Crippen LogP contribution in [0.2, 0.25) is 0 Å². The molecule has 0 unspecified atom stereocenters. The molecule has 24 heavy (non-hydrogen) atoms. The molecule has 0 amide bonds. The number of benzene rings is 1. The number of nitrogens with one attached hydrogen (secondary N) is 2. The average Bonchev–Trinajstić information content (AvgIpc) is 2.96. The molecular formula is C18H25N3O2S. The predicted octanol–water partition coefficient (Wildman–Crippen LogP) is 2.34. The quantitative estimate of drug-likeness (QED) is 0.896. The van der Waals surface area contributed by atoms with Gasteiger partial charge in [-0.25, -0.2) is 12.7 Å². The Morgan fingerprint density at radius 3 is 2.71 bits per heavy atom. The summed E-state index contributed by atoms with van der Waals surface area (Å²) in [4.78, 5) is 3.62. The molecule has 1 aromatic carbocycles. The number of rotatable bonds is 3. The Hall–Kier alpha value is -1.37. The lowest BCUT2D eigenvalue weighted by Crippen LogP contribution is -2.55. The fraction of sp³-hybridized carbons (Fsp3) is 0.556. The van der Waals surface area contributed by atoms with Crippen molar-refractivity contribution in [2.75, 3.05) is 25.4 Å². The van der Waals surface area contributed by atoms with Gasteiger partial charge < -0.3 is 10.3 Å². The van der Waals surface area contributed by atoms with Gasteiger partial charge in [-0.2, -0.15) is 0 Å². The number of hydrogen-bond acceptors (Lipinski definition) is 3. The molecule has 1 aromatic heterocycles. The Labute approximate surface area is 143 Å². The minimum absolute atomic E-state index is 0.106. The second kappa shape index (κ2) is 5.86. The van der Waals surface area contributed by atoms with Crippen LogP contribution < -0.4 is 5.32 Å². The van der Waals surface area contributed by atoms with Gasteiger partial charge in [0.15, 0.2) is 0 Å². The van der Waals surface area contributed by atoms with E-state index in [-0.39, 0.29) is 11.3 Å². The Balaban J connectivity index is 1.65. The van der Waals surface area contributed by atoms with Crippen LogP contribution in [0.5, 0.6) is 0 Å². The minimum Gasteiger partial charge on any atom is -0.357 e. The van der Waals surface area contributed by atoms with Crippen molar-refractivity contribution in [3.63, 3.8) is 0 Å². The highest BCUT2D eigenvalue weighted by atomic mass is 32.2. The Morgan fingerprint density at radius 2 is 1.96 bits per heavy atom. The standard InChI is InChI=1S/C18H25N3O2S/c1-2-13-24(22,23)21-11-8-18(9-12-21)17-15(7-10-19-18)14-5-3-4-6-16(14)20-17/h3-6,19-20H,2,7-13H2,1H3. The van der Waals surface area contributed by atoms with Crippen LogP contribution in [-0.2, 0) is 22.0 Å². The number of aromatic nitrogens is 1. The van der Waals surface area contributed by atoms with E-state index in [1.54, 1.807) is 4.31 Å². The van der Waals surface area contributed by atoms with E-state index in [0.29, 0.717) is 19.5 Å². The van der Waals surface area contributed by atoms with Crippen molar-refractivity contribution < 1.29 is 8.42 Å². The molecule has 0 bridgehead atoms. The molecule has 5 nitrogen and oxygen atoms in total. The molecule has 2 aromatic rings. The molecule has 2 aliphatic heterocycles. The molecule has 1 fully saturated rings. The molecule has 1 saturated heterocycles. The molecule has 2 aliphatic rings. The van der Waals surface area contributed by atoms with Gasteiger partial charge >= 0.3 is 0 Å². The Bertz CT molecular complexity index is 848. The van der Waals surface area contributed by atoms with E-state index in [9.17, 15) is 8.42 Å². The normalized spacial score (nSPS) is 21.2. The summed E-state index contributed by atoms with van der Waals surface area (Å²) in [6.07, 6.45) is 3.36. The number of aromatic amines is 1. The van der Waals surface area contributed by atoms with Crippen LogP contribution in [0.3, 0.4) is 0 Å². The molecule has 1 spiro atoms. The number of fused-ring (bicyclic) bond motifs is 4. The summed E-state index contributed by atoms with van der Waals surface area (Å²) in [6, 6.07) is 8.46. The highest BCUT2D eigenvalue weighted by Gasteiger charge is 2.43. The van der Waals surface area contributed by atoms with Crippen molar-refractivity contribution in [2.24, 2.45) is 0 Å². The first-order valence-electron chi connectivity index (χ1n) is 8.89. The van der Waals surface area contributed by atoms with Gasteiger partial charge in [0.25, 0.3) is 0 Å². The molecule has 130 valence electrons. The summed E-state index contributed by atoms with van der Waals surface area (Å²) in [5.41, 5.74) is 3.77. The van der Waals surface area contributed by atoms with Crippen LogP contribution >= 0.6 is 0 Å². The molecule has 6 heteroatoms. The third-order valence-corrected chi connectivity index (χ3v) is 7.64. The molecule has 0 atom stereocenters. The number of sulfonamides is 1. The Kier molecular flexibility index (Phi) is 3.94. The van der Waals surface area contributed by atoms with Gasteiger partial charge in [-0.1, -0.05) is 25.1 Å². The number of piperidine rings is 1. The van der Waals surface area contributed by atoms with Gasteiger partial charge in [-0.3, -0.25) is 0 Å². The number of para-hydroxylation sites is 1. The summed E-state index contributed by atoms with van der Waals surface area (Å²) >= 11 is 0. The first-order valence-corrected chi connectivity index (χ1v) is 10.5. The lowest BCUT2D eigenvalue weighted by molar-refractivity contribution is 0.180. The van der Waals surface area contributed by atoms with Crippen molar-refractivity contribution in [2.45, 2.75) is 38.1 Å². The van der Waals surface area contributed by atoms with E-state index in [0.717, 1.165) is 25.8 Å². The minimum atomic E-state index is -3.10. The predicted molar refractivity (Wildman–Crippen MR) is 96.6 cm³/mol. The van der Waals surface area contributed by atoms with Gasteiger partial charge in [0.05, 0.1) is 11.3 Å². The number of H-pyrrole nitrogens is 1. The SMILES string of the molecule is CCCS(=O)(=O)N1CCC2(CC1)NCCc1c2[nH]c2ccccc12. The fourth-order valence-corrected chi connectivity index (χ4v) is 5.86. The second-order valence-corrected chi connectivity index (χ2v) is 9.09. The molecule has 3 heterocycles. The first-order chi connectivity index (χ1) is 11.6. The summed E-state index contributed by atoms with van der Waals surface area (Å²) in [5, 5.41) is 5.02. The molecule has 2 N–H and O–H groups in total. The summed E-state index contributed by atoms with van der Waals surface area (Å²) in [7, 11) is -3.10. The summed E-state index contributed by atoms with van der Waals surface area (Å²) in [5.74, 6) is 0.255. The summed E-state index contributed by atoms with van der Waals surface area (Å²) < 4.78 is 26.4. The zero-order valence-corrected chi connectivity index (χ0v) is 15.0. The van der Waals surface area contributed by atoms with E-state index in [1.807, 2.05) is 6.92 Å². The van der Waals surface area contributed by atoms with Crippen molar-refractivity contribution >= 4 is 20.9 Å². The number of hydrogen-bond donors (Lipinski definition) is 2. The molecular weight excluding hydrogens is 322 g/mol. The van der Waals surface area contributed by atoms with Gasteiger partial charge in [0.1, 0.15) is 0 Å². The van der Waals surface area contributed by atoms with E-state index >= 15 is 0 Å². The smallest absolute Gasteiger partial charge is 0.214 e. The number of nitrogens with zero attached hydrogens (tertiary/aromatic N) is 1. The molecule has 0 aliphatic carbocycles. The average molecular weight is 347 g/mol. The van der Waals surface area contributed by atoms with Crippen LogP contribution in [0.1, 0.15) is 37.4 Å².